The summed E-state index contributed by atoms with van der Waals surface area (Å²) in [5, 5.41) is 0. The van der Waals surface area contributed by atoms with Crippen LogP contribution in [0.3, 0.4) is 0 Å². The molecule has 2 saturated heterocycles. The van der Waals surface area contributed by atoms with Gasteiger partial charge in [0.25, 0.3) is 5.88 Å². The fraction of sp³-hybridized carbons (Fsp3) is 0.435. The van der Waals surface area contributed by atoms with Gasteiger partial charge >= 0.3 is 6.18 Å². The van der Waals surface area contributed by atoms with Crippen LogP contribution in [-0.4, -0.2) is 28.8 Å². The Hall–Kier alpha value is -2.81. The van der Waals surface area contributed by atoms with Crippen LogP contribution in [0.1, 0.15) is 42.4 Å². The Bertz CT molecular complexity index is 1090. The molecule has 2 aromatic rings. The highest BCUT2D eigenvalue weighted by Gasteiger charge is 2.63. The highest BCUT2D eigenvalue weighted by Crippen LogP contribution is 2.52. The first-order valence-electron chi connectivity index (χ1n) is 10.5. The molecule has 3 fully saturated rings. The van der Waals surface area contributed by atoms with E-state index in [1.807, 2.05) is 6.92 Å². The van der Waals surface area contributed by atoms with Gasteiger partial charge in [-0.1, -0.05) is 13.0 Å². The fourth-order valence-electron chi connectivity index (χ4n) is 5.23. The Morgan fingerprint density at radius 1 is 1.09 bits per heavy atom. The molecule has 3 aliphatic rings. The van der Waals surface area contributed by atoms with Crippen LogP contribution >= 0.6 is 0 Å². The van der Waals surface area contributed by atoms with Gasteiger partial charge in [-0.15, -0.1) is 0 Å². The van der Waals surface area contributed by atoms with Crippen molar-refractivity contribution in [2.45, 2.75) is 50.5 Å². The lowest BCUT2D eigenvalue weighted by Crippen LogP contribution is -2.29. The molecular formula is C23H19F4NO4. The molecule has 0 N–H and O–H groups in total. The standard InChI is InChI=1S/C23H19F4NO4/c1-2-10-3-4-12(31-22-14(24)7-11(9-28-22)23(25,26)27)8-13(10)17-20(29)18-15-5-6-16(32-15)19(18)21(17)30/h3-4,7-9,15-19H,2,5-6H2,1H3/t15-,16+,17?,18-,19+. The highest BCUT2D eigenvalue weighted by atomic mass is 19.4. The number of nitrogens with zero attached hydrogens (tertiary/aromatic N) is 1. The molecule has 5 atom stereocenters. The molecule has 1 aromatic heterocycles. The zero-order valence-electron chi connectivity index (χ0n) is 17.0. The zero-order chi connectivity index (χ0) is 22.8. The van der Waals surface area contributed by atoms with E-state index in [0.717, 1.165) is 18.4 Å². The van der Waals surface area contributed by atoms with Gasteiger partial charge in [0, 0.05) is 6.20 Å². The van der Waals surface area contributed by atoms with E-state index in [1.165, 1.54) is 12.1 Å². The lowest BCUT2D eigenvalue weighted by atomic mass is 9.81. The number of aryl methyl sites for hydroxylation is 1. The number of ether oxygens (including phenoxy) is 2. The van der Waals surface area contributed by atoms with E-state index < -0.39 is 41.2 Å². The van der Waals surface area contributed by atoms with E-state index in [1.54, 1.807) is 6.07 Å². The second kappa shape index (κ2) is 7.37. The summed E-state index contributed by atoms with van der Waals surface area (Å²) in [5.74, 6) is -3.96. The van der Waals surface area contributed by atoms with Crippen molar-refractivity contribution >= 4 is 11.6 Å². The molecule has 1 saturated carbocycles. The van der Waals surface area contributed by atoms with Crippen molar-refractivity contribution in [1.29, 1.82) is 0 Å². The van der Waals surface area contributed by atoms with E-state index in [4.69, 9.17) is 9.47 Å². The van der Waals surface area contributed by atoms with Crippen LogP contribution in [0, 0.1) is 17.7 Å². The SMILES string of the molecule is CCc1ccc(Oc2ncc(C(F)(F)F)cc2F)cc1C1C(=O)[C@@H]2[C@H](C1=O)[C@H]1CC[C@@H]2O1. The molecule has 2 bridgehead atoms. The summed E-state index contributed by atoms with van der Waals surface area (Å²) in [7, 11) is 0. The Morgan fingerprint density at radius 2 is 1.75 bits per heavy atom. The van der Waals surface area contributed by atoms with Crippen molar-refractivity contribution < 1.29 is 36.6 Å². The molecule has 0 radical (unpaired) electrons. The average molecular weight is 449 g/mol. The Balaban J connectivity index is 1.47. The third-order valence-electron chi connectivity index (χ3n) is 6.66. The number of pyridine rings is 1. The van der Waals surface area contributed by atoms with Gasteiger partial charge in [-0.05, 0) is 48.6 Å². The lowest BCUT2D eigenvalue weighted by molar-refractivity contribution is -0.138. The van der Waals surface area contributed by atoms with E-state index >= 15 is 0 Å². The summed E-state index contributed by atoms with van der Waals surface area (Å²) in [6, 6.07) is 4.98. The summed E-state index contributed by atoms with van der Waals surface area (Å²) >= 11 is 0. The van der Waals surface area contributed by atoms with E-state index in [0.29, 0.717) is 24.2 Å². The van der Waals surface area contributed by atoms with Crippen LogP contribution in [0.4, 0.5) is 17.6 Å². The van der Waals surface area contributed by atoms with Crippen LogP contribution in [0.15, 0.2) is 30.5 Å². The van der Waals surface area contributed by atoms with Crippen molar-refractivity contribution in [2.75, 3.05) is 0 Å². The number of fused-ring (bicyclic) bond motifs is 5. The summed E-state index contributed by atoms with van der Waals surface area (Å²) < 4.78 is 63.6. The molecule has 2 aliphatic heterocycles. The average Bonchev–Trinajstić information content (AvgIpc) is 3.42. The number of Topliss-reactive ketones (excluding diaryl/α,β-unsaturated/α-hetero) is 2. The van der Waals surface area contributed by atoms with Gasteiger partial charge in [-0.2, -0.15) is 13.2 Å². The molecule has 9 heteroatoms. The van der Waals surface area contributed by atoms with Crippen molar-refractivity contribution in [2.24, 2.45) is 11.8 Å². The lowest BCUT2D eigenvalue weighted by Gasteiger charge is -2.17. The number of aromatic nitrogens is 1. The second-order valence-corrected chi connectivity index (χ2v) is 8.40. The number of halogens is 4. The minimum Gasteiger partial charge on any atom is -0.436 e. The number of carbonyl (C=O) groups excluding carboxylic acids is 2. The van der Waals surface area contributed by atoms with Gasteiger partial charge in [0.2, 0.25) is 0 Å². The van der Waals surface area contributed by atoms with Gasteiger partial charge in [-0.25, -0.2) is 9.37 Å². The minimum atomic E-state index is -4.73. The number of hydrogen-bond acceptors (Lipinski definition) is 5. The Morgan fingerprint density at radius 3 is 2.31 bits per heavy atom. The molecule has 5 nitrogen and oxygen atoms in total. The maximum Gasteiger partial charge on any atom is 0.417 e. The number of carbonyl (C=O) groups is 2. The predicted molar refractivity (Wildman–Crippen MR) is 103 cm³/mol. The zero-order valence-corrected chi connectivity index (χ0v) is 17.0. The molecule has 1 unspecified atom stereocenters. The Labute approximate surface area is 180 Å². The summed E-state index contributed by atoms with van der Waals surface area (Å²) in [6.07, 6.45) is -2.60. The smallest absolute Gasteiger partial charge is 0.417 e. The predicted octanol–water partition coefficient (Wildman–Crippen LogP) is 4.62. The van der Waals surface area contributed by atoms with Crippen LogP contribution in [0.25, 0.3) is 0 Å². The first-order valence-corrected chi connectivity index (χ1v) is 10.5. The molecule has 0 amide bonds. The topological polar surface area (TPSA) is 65.5 Å². The van der Waals surface area contributed by atoms with Crippen LogP contribution in [-0.2, 0) is 26.9 Å². The summed E-state index contributed by atoms with van der Waals surface area (Å²) in [6.45, 7) is 1.88. The van der Waals surface area contributed by atoms with Crippen molar-refractivity contribution in [1.82, 2.24) is 4.98 Å². The number of benzene rings is 1. The quantitative estimate of drug-likeness (QED) is 0.503. The Kier molecular flexibility index (Phi) is 4.85. The van der Waals surface area contributed by atoms with Crippen molar-refractivity contribution in [3.63, 3.8) is 0 Å². The third-order valence-corrected chi connectivity index (χ3v) is 6.66. The minimum absolute atomic E-state index is 0.0836. The second-order valence-electron chi connectivity index (χ2n) is 8.40. The molecular weight excluding hydrogens is 430 g/mol. The highest BCUT2D eigenvalue weighted by molar-refractivity contribution is 6.17. The largest absolute Gasteiger partial charge is 0.436 e. The molecule has 5 rings (SSSR count). The monoisotopic (exact) mass is 449 g/mol. The van der Waals surface area contributed by atoms with Gasteiger partial charge < -0.3 is 9.47 Å². The number of alkyl halides is 3. The molecule has 0 spiro atoms. The first kappa shape index (κ1) is 21.1. The van der Waals surface area contributed by atoms with Gasteiger partial charge in [0.15, 0.2) is 17.4 Å². The first-order chi connectivity index (χ1) is 15.2. The van der Waals surface area contributed by atoms with E-state index in [9.17, 15) is 27.2 Å². The maximum atomic E-state index is 14.2. The van der Waals surface area contributed by atoms with E-state index in [-0.39, 0.29) is 29.5 Å². The third kappa shape index (κ3) is 3.21. The molecule has 168 valence electrons. The molecule has 1 aromatic carbocycles. The molecule has 3 heterocycles. The van der Waals surface area contributed by atoms with Crippen LogP contribution in [0.2, 0.25) is 0 Å². The van der Waals surface area contributed by atoms with Crippen molar-refractivity contribution in [3.8, 4) is 11.6 Å². The summed E-state index contributed by atoms with van der Waals surface area (Å²) in [4.78, 5) is 29.8. The normalized spacial score (nSPS) is 29.0. The number of rotatable bonds is 4. The summed E-state index contributed by atoms with van der Waals surface area (Å²) in [5.41, 5.74) is 0.0363. The van der Waals surface area contributed by atoms with Crippen LogP contribution in [0.5, 0.6) is 11.6 Å². The maximum absolute atomic E-state index is 14.2. The van der Waals surface area contributed by atoms with E-state index in [2.05, 4.69) is 4.98 Å². The van der Waals surface area contributed by atoms with Gasteiger partial charge in [0.05, 0.1) is 29.6 Å². The number of hydrogen-bond donors (Lipinski definition) is 0. The molecule has 1 aliphatic carbocycles. The van der Waals surface area contributed by atoms with Crippen molar-refractivity contribution in [3.05, 3.63) is 53.0 Å². The molecule has 32 heavy (non-hydrogen) atoms. The number of ketones is 2. The van der Waals surface area contributed by atoms with Gasteiger partial charge in [-0.3, -0.25) is 9.59 Å². The fourth-order valence-corrected chi connectivity index (χ4v) is 5.23. The van der Waals surface area contributed by atoms with Crippen LogP contribution < -0.4 is 4.74 Å². The van der Waals surface area contributed by atoms with Gasteiger partial charge in [0.1, 0.15) is 11.7 Å².